The second-order valence-electron chi connectivity index (χ2n) is 23.2. The summed E-state index contributed by atoms with van der Waals surface area (Å²) in [5.74, 6) is -1.45. The van der Waals surface area contributed by atoms with E-state index < -0.39 is 61.1 Å². The van der Waals surface area contributed by atoms with Crippen LogP contribution in [0.1, 0.15) is 68.7 Å². The van der Waals surface area contributed by atoms with Crippen molar-refractivity contribution in [1.82, 2.24) is 34.7 Å². The maximum atomic E-state index is 14.1. The predicted molar refractivity (Wildman–Crippen MR) is 339 cm³/mol. The van der Waals surface area contributed by atoms with Crippen molar-refractivity contribution < 1.29 is 56.3 Å². The van der Waals surface area contributed by atoms with Crippen LogP contribution >= 0.6 is 11.6 Å². The number of carbonyl (C=O) groups excluding carboxylic acids is 5. The number of benzene rings is 5. The van der Waals surface area contributed by atoms with Gasteiger partial charge in [-0.2, -0.15) is 0 Å². The number of carbonyl (C=O) groups is 5. The smallest absolute Gasteiger partial charge is 0.293 e. The van der Waals surface area contributed by atoms with Gasteiger partial charge in [-0.1, -0.05) is 41.9 Å². The highest BCUT2D eigenvalue weighted by molar-refractivity contribution is 7.90. The van der Waals surface area contributed by atoms with Crippen LogP contribution in [0.25, 0.3) is 22.2 Å². The van der Waals surface area contributed by atoms with Crippen LogP contribution in [0.2, 0.25) is 5.02 Å². The quantitative estimate of drug-likeness (QED) is 0.0156. The van der Waals surface area contributed by atoms with Crippen LogP contribution in [-0.4, -0.2) is 166 Å². The molecule has 2 aromatic heterocycles. The van der Waals surface area contributed by atoms with E-state index in [1.807, 2.05) is 42.5 Å². The second kappa shape index (κ2) is 27.6. The van der Waals surface area contributed by atoms with Gasteiger partial charge < -0.3 is 44.4 Å². The number of anilines is 3. The van der Waals surface area contributed by atoms with Gasteiger partial charge in [-0.05, 0) is 109 Å². The third-order valence-electron chi connectivity index (χ3n) is 17.2. The van der Waals surface area contributed by atoms with Crippen molar-refractivity contribution in [2.24, 2.45) is 11.8 Å². The third kappa shape index (κ3) is 14.3. The monoisotopic (exact) mass is 1280 g/mol. The molecule has 5 amide bonds. The van der Waals surface area contributed by atoms with E-state index in [1.54, 1.807) is 42.6 Å². The summed E-state index contributed by atoms with van der Waals surface area (Å²) < 4.78 is 54.3. The van der Waals surface area contributed by atoms with Crippen molar-refractivity contribution in [2.75, 3.05) is 107 Å². The Labute approximate surface area is 529 Å². The average molecular weight is 1280 g/mol. The van der Waals surface area contributed by atoms with E-state index in [9.17, 15) is 42.5 Å². The summed E-state index contributed by atoms with van der Waals surface area (Å²) in [5, 5.41) is 22.2. The average Bonchev–Trinajstić information content (AvgIpc) is 1.64. The Kier molecular flexibility index (Phi) is 18.9. The normalized spacial score (nSPS) is 17.6. The number of rotatable bonds is 25. The number of imide groups is 2. The molecule has 0 radical (unpaired) electrons. The number of halogens is 1. The first-order chi connectivity index (χ1) is 44.1. The highest BCUT2D eigenvalue weighted by Gasteiger charge is 2.46. The van der Waals surface area contributed by atoms with Crippen molar-refractivity contribution in [3.8, 4) is 28.4 Å². The molecule has 5 aliphatic heterocycles. The molecule has 0 aliphatic carbocycles. The van der Waals surface area contributed by atoms with E-state index in [2.05, 4.69) is 51.4 Å². The minimum atomic E-state index is -4.63. The molecule has 5 N–H and O–H groups in total. The van der Waals surface area contributed by atoms with Gasteiger partial charge in [-0.3, -0.25) is 49.2 Å². The van der Waals surface area contributed by atoms with E-state index in [0.717, 1.165) is 77.0 Å². The number of nitrogens with zero attached hydrogens (tertiary/aromatic N) is 6. The van der Waals surface area contributed by atoms with E-state index in [0.29, 0.717) is 113 Å². The van der Waals surface area contributed by atoms with Gasteiger partial charge >= 0.3 is 0 Å². The van der Waals surface area contributed by atoms with Crippen LogP contribution in [0, 0.1) is 22.0 Å². The number of likely N-dealkylation sites (tertiary alicyclic amines) is 1. The Morgan fingerprint density at radius 1 is 0.813 bits per heavy atom. The number of H-pyrrole nitrogens is 1. The van der Waals surface area contributed by atoms with Crippen molar-refractivity contribution in [1.29, 1.82) is 0 Å². The number of amides is 5. The predicted octanol–water partition coefficient (Wildman–Crippen LogP) is 8.09. The molecule has 0 spiro atoms. The van der Waals surface area contributed by atoms with E-state index in [4.69, 9.17) is 30.5 Å². The van der Waals surface area contributed by atoms with Crippen LogP contribution in [0.5, 0.6) is 17.2 Å². The Bertz CT molecular complexity index is 4020. The minimum Gasteiger partial charge on any atom is -0.493 e. The summed E-state index contributed by atoms with van der Waals surface area (Å²) >= 11 is 6.36. The molecule has 24 nitrogen and oxygen atoms in total. The number of hydrogen-bond acceptors (Lipinski definition) is 19. The first-order valence-electron chi connectivity index (χ1n) is 30.4. The molecule has 5 aromatic carbocycles. The lowest BCUT2D eigenvalue weighted by Gasteiger charge is -2.39. The molecular weight excluding hydrogens is 1210 g/mol. The number of piperidine rings is 1. The lowest BCUT2D eigenvalue weighted by Crippen LogP contribution is -2.54. The first-order valence-corrected chi connectivity index (χ1v) is 32.3. The number of aromatic amines is 1. The number of pyridine rings is 1. The largest absolute Gasteiger partial charge is 0.493 e. The van der Waals surface area contributed by atoms with Gasteiger partial charge in [0.05, 0.1) is 45.9 Å². The van der Waals surface area contributed by atoms with E-state index >= 15 is 0 Å². The summed E-state index contributed by atoms with van der Waals surface area (Å²) in [7, 11) is -4.63. The van der Waals surface area contributed by atoms with Crippen LogP contribution in [-0.2, 0) is 35.6 Å². The number of nitro benzene ring substituents is 1. The number of ether oxygens (including phenoxy) is 4. The number of piperazine rings is 1. The Hall–Kier alpha value is -8.98. The summed E-state index contributed by atoms with van der Waals surface area (Å²) in [5.41, 5.74) is 5.04. The molecule has 1 unspecified atom stereocenters. The third-order valence-corrected chi connectivity index (χ3v) is 18.7. The molecule has 474 valence electrons. The maximum absolute atomic E-state index is 14.1. The highest BCUT2D eigenvalue weighted by Crippen LogP contribution is 2.38. The maximum Gasteiger partial charge on any atom is 0.293 e. The second-order valence-corrected chi connectivity index (χ2v) is 25.4. The Morgan fingerprint density at radius 2 is 1.60 bits per heavy atom. The number of sulfonamides is 1. The number of nitro groups is 1. The Balaban J connectivity index is 0.648. The summed E-state index contributed by atoms with van der Waals surface area (Å²) in [6.45, 7) is 9.29. The molecule has 4 fully saturated rings. The zero-order valence-electron chi connectivity index (χ0n) is 49.7. The zero-order valence-corrected chi connectivity index (χ0v) is 51.3. The molecule has 0 bridgehead atoms. The van der Waals surface area contributed by atoms with Crippen LogP contribution in [0.15, 0.2) is 126 Å². The molecule has 26 heteroatoms. The fraction of sp³-hybridized carbons (Fsp3) is 0.354. The molecule has 12 rings (SSSR count). The van der Waals surface area contributed by atoms with Gasteiger partial charge in [0.1, 0.15) is 34.6 Å². The van der Waals surface area contributed by atoms with Crippen LogP contribution in [0.4, 0.5) is 22.7 Å². The van der Waals surface area contributed by atoms with Crippen molar-refractivity contribution in [3.63, 3.8) is 0 Å². The molecular formula is C65H68ClN11O13S. The van der Waals surface area contributed by atoms with Gasteiger partial charge in [-0.25, -0.2) is 18.1 Å². The lowest BCUT2D eigenvalue weighted by atomic mass is 9.97. The summed E-state index contributed by atoms with van der Waals surface area (Å²) in [6.07, 6.45) is 5.62. The van der Waals surface area contributed by atoms with Gasteiger partial charge in [0, 0.05) is 143 Å². The molecule has 7 aromatic rings. The molecule has 0 saturated carbocycles. The SMILES string of the molecule is O=C1CCC(N2C(=O)c3cccc(NCCCOCCN4CC(COc5cccc(-c6ccc(Cl)cc6)c5CN5CCN(c6ccc(C(=O)NS(=O)(=O)c7ccc(NCC8CCOCC8)c([N+](=O)[O-])c7)c(Oc7cnc8[nH]ccc8c7)c6)CC5)C4)c3C2=O)C(=O)N1. The van der Waals surface area contributed by atoms with Crippen molar-refractivity contribution in [3.05, 3.63) is 159 Å². The number of aromatic nitrogens is 2. The number of fused-ring (bicyclic) bond motifs is 2. The van der Waals surface area contributed by atoms with Crippen LogP contribution < -0.4 is 35.0 Å². The topological polar surface area (TPSA) is 289 Å². The van der Waals surface area contributed by atoms with Gasteiger partial charge in [-0.15, -0.1) is 0 Å². The number of hydrogen-bond donors (Lipinski definition) is 5. The molecule has 1 atom stereocenters. The standard InChI is InChI=1S/C65H68ClN11O13S/c66-45-10-8-43(9-11-45)49-4-2-7-57(89-40-42-37-74(38-42)27-31-87-28-3-21-67-54-6-1-5-51-60(54)65(82)76(64(51)81)55-16-17-59(78)71-63(55)80)52(49)39-73-23-25-75(26-24-73)46-12-14-50(58(33-46)90-47-32-44-18-22-68-61(44)70-36-47)62(79)72-91(85,86)48-13-15-53(56(34-48)77(83)84)69-35-41-19-29-88-30-20-41/h1-2,4-15,18,22,32-34,36,41-42,55,67,69H,3,16-17,19-21,23-31,35,37-40H2,(H,68,70)(H,72,79)(H,71,78,80). The highest BCUT2D eigenvalue weighted by atomic mass is 35.5. The molecule has 91 heavy (non-hydrogen) atoms. The lowest BCUT2D eigenvalue weighted by molar-refractivity contribution is -0.384. The summed E-state index contributed by atoms with van der Waals surface area (Å²) in [4.78, 5) is 91.5. The van der Waals surface area contributed by atoms with Crippen molar-refractivity contribution in [2.45, 2.75) is 49.6 Å². The zero-order chi connectivity index (χ0) is 63.2. The van der Waals surface area contributed by atoms with Gasteiger partial charge in [0.2, 0.25) is 11.8 Å². The fourth-order valence-electron chi connectivity index (χ4n) is 12.2. The Morgan fingerprint density at radius 3 is 2.40 bits per heavy atom. The fourth-order valence-corrected chi connectivity index (χ4v) is 13.3. The summed E-state index contributed by atoms with van der Waals surface area (Å²) in [6, 6.07) is 29.9. The van der Waals surface area contributed by atoms with E-state index in [-0.39, 0.29) is 46.9 Å². The van der Waals surface area contributed by atoms with Gasteiger partial charge in [0.15, 0.2) is 0 Å². The van der Waals surface area contributed by atoms with E-state index in [1.165, 1.54) is 24.4 Å². The molecule has 7 heterocycles. The number of nitrogens with one attached hydrogen (secondary N) is 5. The van der Waals surface area contributed by atoms with Gasteiger partial charge in [0.25, 0.3) is 33.4 Å². The van der Waals surface area contributed by atoms with Crippen molar-refractivity contribution >= 4 is 84.9 Å². The minimum absolute atomic E-state index is 0.0495. The van der Waals surface area contributed by atoms with Crippen LogP contribution in [0.3, 0.4) is 0 Å². The molecule has 5 aliphatic rings. The first kappa shape index (κ1) is 62.2. The molecule has 4 saturated heterocycles.